The minimum atomic E-state index is -0.464. The predicted molar refractivity (Wildman–Crippen MR) is 74.0 cm³/mol. The van der Waals surface area contributed by atoms with Gasteiger partial charge in [0.15, 0.2) is 0 Å². The van der Waals surface area contributed by atoms with Crippen LogP contribution in [0.3, 0.4) is 0 Å². The molecule has 3 heteroatoms. The smallest absolute Gasteiger partial charge is 0.130 e. The number of rotatable bonds is 4. The molecular weight excluding hydrogens is 244 g/mol. The van der Waals surface area contributed by atoms with E-state index < -0.39 is 11.6 Å². The van der Waals surface area contributed by atoms with Gasteiger partial charge in [-0.25, -0.2) is 8.78 Å². The molecule has 1 aromatic rings. The first-order chi connectivity index (χ1) is 9.02. The maximum atomic E-state index is 13.7. The lowest BCUT2D eigenvalue weighted by atomic mass is 9.75. The summed E-state index contributed by atoms with van der Waals surface area (Å²) in [5.74, 6) is -0.928. The first kappa shape index (κ1) is 14.4. The van der Waals surface area contributed by atoms with Crippen molar-refractivity contribution in [2.45, 2.75) is 52.0 Å². The molecular formula is C16H23F2N. The Hall–Kier alpha value is -0.960. The third-order valence-corrected chi connectivity index (χ3v) is 4.33. The second-order valence-electron chi connectivity index (χ2n) is 6.11. The maximum absolute atomic E-state index is 13.7. The topological polar surface area (TPSA) is 12.0 Å². The molecule has 0 aliphatic heterocycles. The molecule has 0 amide bonds. The average Bonchev–Trinajstić information content (AvgIpc) is 2.37. The van der Waals surface area contributed by atoms with Gasteiger partial charge in [-0.1, -0.05) is 32.3 Å². The number of hydrogen-bond acceptors (Lipinski definition) is 1. The van der Waals surface area contributed by atoms with Crippen molar-refractivity contribution in [1.29, 1.82) is 0 Å². The summed E-state index contributed by atoms with van der Waals surface area (Å²) in [5.41, 5.74) is 0.427. The second kappa shape index (κ2) is 6.00. The van der Waals surface area contributed by atoms with Crippen LogP contribution in [-0.4, -0.2) is 6.54 Å². The first-order valence-corrected chi connectivity index (χ1v) is 7.19. The minimum Gasteiger partial charge on any atom is -0.309 e. The van der Waals surface area contributed by atoms with Gasteiger partial charge < -0.3 is 5.32 Å². The third kappa shape index (κ3) is 3.53. The number of nitrogens with one attached hydrogen (secondary N) is 1. The fourth-order valence-corrected chi connectivity index (χ4v) is 3.01. The third-order valence-electron chi connectivity index (χ3n) is 4.33. The molecule has 1 saturated carbocycles. The molecule has 2 rings (SSSR count). The Bertz CT molecular complexity index is 405. The number of halogens is 2. The van der Waals surface area contributed by atoms with Crippen LogP contribution in [0, 0.1) is 17.0 Å². The summed E-state index contributed by atoms with van der Waals surface area (Å²) < 4.78 is 27.4. The number of benzene rings is 1. The highest BCUT2D eigenvalue weighted by Gasteiger charge is 2.27. The van der Waals surface area contributed by atoms with E-state index in [1.165, 1.54) is 50.3 Å². The van der Waals surface area contributed by atoms with Crippen LogP contribution in [0.4, 0.5) is 8.78 Å². The molecule has 1 aliphatic rings. The molecule has 0 bridgehead atoms. The van der Waals surface area contributed by atoms with E-state index in [4.69, 9.17) is 0 Å². The van der Waals surface area contributed by atoms with E-state index >= 15 is 0 Å². The standard InChI is InChI=1S/C16H23F2N/c1-12(15-13(17)7-6-8-14(15)18)19-11-16(2)9-4-3-5-10-16/h6-8,12,19H,3-5,9-11H2,1-2H3. The zero-order chi connectivity index (χ0) is 13.9. The molecule has 1 atom stereocenters. The Balaban J connectivity index is 1.99. The average molecular weight is 267 g/mol. The SMILES string of the molecule is CC(NCC1(C)CCCCC1)c1c(F)cccc1F. The summed E-state index contributed by atoms with van der Waals surface area (Å²) in [6.07, 6.45) is 6.24. The van der Waals surface area contributed by atoms with Gasteiger partial charge in [0.25, 0.3) is 0 Å². The van der Waals surface area contributed by atoms with Crippen LogP contribution in [0.15, 0.2) is 18.2 Å². The fraction of sp³-hybridized carbons (Fsp3) is 0.625. The van der Waals surface area contributed by atoms with Crippen LogP contribution in [0.1, 0.15) is 57.6 Å². The van der Waals surface area contributed by atoms with Gasteiger partial charge in [0, 0.05) is 18.2 Å². The van der Waals surface area contributed by atoms with Gasteiger partial charge in [-0.15, -0.1) is 0 Å². The van der Waals surface area contributed by atoms with Crippen LogP contribution < -0.4 is 5.32 Å². The molecule has 0 spiro atoms. The van der Waals surface area contributed by atoms with E-state index in [1.807, 2.05) is 6.92 Å². The van der Waals surface area contributed by atoms with E-state index in [0.29, 0.717) is 0 Å². The Morgan fingerprint density at radius 2 is 1.74 bits per heavy atom. The van der Waals surface area contributed by atoms with Gasteiger partial charge >= 0.3 is 0 Å². The molecule has 1 aromatic carbocycles. The molecule has 1 fully saturated rings. The summed E-state index contributed by atoms with van der Waals surface area (Å²) in [6.45, 7) is 4.92. The van der Waals surface area contributed by atoms with Crippen molar-refractivity contribution in [3.05, 3.63) is 35.4 Å². The lowest BCUT2D eigenvalue weighted by molar-refractivity contribution is 0.201. The zero-order valence-corrected chi connectivity index (χ0v) is 11.8. The van der Waals surface area contributed by atoms with Crippen LogP contribution >= 0.6 is 0 Å². The molecule has 1 N–H and O–H groups in total. The summed E-state index contributed by atoms with van der Waals surface area (Å²) in [5, 5.41) is 3.31. The van der Waals surface area contributed by atoms with Crippen molar-refractivity contribution < 1.29 is 8.78 Å². The van der Waals surface area contributed by atoms with Crippen molar-refractivity contribution in [2.24, 2.45) is 5.41 Å². The van der Waals surface area contributed by atoms with E-state index in [2.05, 4.69) is 12.2 Å². The van der Waals surface area contributed by atoms with Gasteiger partial charge in [-0.3, -0.25) is 0 Å². The van der Waals surface area contributed by atoms with Crippen molar-refractivity contribution in [3.8, 4) is 0 Å². The van der Waals surface area contributed by atoms with Crippen LogP contribution in [0.2, 0.25) is 0 Å². The largest absolute Gasteiger partial charge is 0.309 e. The highest BCUT2D eigenvalue weighted by atomic mass is 19.1. The summed E-state index contributed by atoms with van der Waals surface area (Å²) in [7, 11) is 0. The maximum Gasteiger partial charge on any atom is 0.130 e. The molecule has 0 radical (unpaired) electrons. The van der Waals surface area contributed by atoms with Crippen LogP contribution in [0.25, 0.3) is 0 Å². The Labute approximate surface area is 114 Å². The Kier molecular flexibility index (Phi) is 4.56. The molecule has 19 heavy (non-hydrogen) atoms. The zero-order valence-electron chi connectivity index (χ0n) is 11.8. The predicted octanol–water partition coefficient (Wildman–Crippen LogP) is 4.59. The lowest BCUT2D eigenvalue weighted by Gasteiger charge is -2.35. The normalized spacial score (nSPS) is 20.2. The van der Waals surface area contributed by atoms with Crippen LogP contribution in [0.5, 0.6) is 0 Å². The molecule has 0 heterocycles. The van der Waals surface area contributed by atoms with Crippen molar-refractivity contribution in [1.82, 2.24) is 5.32 Å². The fourth-order valence-electron chi connectivity index (χ4n) is 3.01. The van der Waals surface area contributed by atoms with Gasteiger partial charge in [0.05, 0.1) is 0 Å². The number of hydrogen-bond donors (Lipinski definition) is 1. The van der Waals surface area contributed by atoms with Gasteiger partial charge in [0.2, 0.25) is 0 Å². The van der Waals surface area contributed by atoms with Crippen molar-refractivity contribution in [2.75, 3.05) is 6.54 Å². The quantitative estimate of drug-likeness (QED) is 0.841. The second-order valence-corrected chi connectivity index (χ2v) is 6.11. The lowest BCUT2D eigenvalue weighted by Crippen LogP contribution is -2.35. The summed E-state index contributed by atoms with van der Waals surface area (Å²) in [4.78, 5) is 0. The molecule has 106 valence electrons. The monoisotopic (exact) mass is 267 g/mol. The first-order valence-electron chi connectivity index (χ1n) is 7.19. The van der Waals surface area contributed by atoms with E-state index in [-0.39, 0.29) is 17.0 Å². The molecule has 1 nitrogen and oxygen atoms in total. The van der Waals surface area contributed by atoms with Gasteiger partial charge in [0.1, 0.15) is 11.6 Å². The summed E-state index contributed by atoms with van der Waals surface area (Å²) >= 11 is 0. The Morgan fingerprint density at radius 1 is 1.16 bits per heavy atom. The van der Waals surface area contributed by atoms with E-state index in [0.717, 1.165) is 6.54 Å². The minimum absolute atomic E-state index is 0.155. The van der Waals surface area contributed by atoms with Gasteiger partial charge in [-0.2, -0.15) is 0 Å². The van der Waals surface area contributed by atoms with Crippen LogP contribution in [-0.2, 0) is 0 Å². The Morgan fingerprint density at radius 3 is 2.32 bits per heavy atom. The van der Waals surface area contributed by atoms with E-state index in [9.17, 15) is 8.78 Å². The molecule has 1 aliphatic carbocycles. The molecule has 0 aromatic heterocycles. The molecule has 1 unspecified atom stereocenters. The van der Waals surface area contributed by atoms with Crippen molar-refractivity contribution in [3.63, 3.8) is 0 Å². The summed E-state index contributed by atoms with van der Waals surface area (Å²) in [6, 6.07) is 3.75. The van der Waals surface area contributed by atoms with E-state index in [1.54, 1.807) is 0 Å². The highest BCUT2D eigenvalue weighted by Crippen LogP contribution is 2.35. The highest BCUT2D eigenvalue weighted by molar-refractivity contribution is 5.22. The molecule has 0 saturated heterocycles. The van der Waals surface area contributed by atoms with Gasteiger partial charge in [-0.05, 0) is 37.3 Å². The van der Waals surface area contributed by atoms with Crippen molar-refractivity contribution >= 4 is 0 Å².